The summed E-state index contributed by atoms with van der Waals surface area (Å²) in [5, 5.41) is 56.1. The molecule has 5 aromatic carbocycles. The molecule has 3 aliphatic rings. The molecule has 18 nitrogen and oxygen atoms in total. The van der Waals surface area contributed by atoms with E-state index >= 15 is 0 Å². The van der Waals surface area contributed by atoms with Crippen molar-refractivity contribution < 1.29 is 42.9 Å². The third kappa shape index (κ3) is 13.9. The lowest BCUT2D eigenvalue weighted by atomic mass is 9.90. The maximum atomic E-state index is 13.6. The molecule has 0 bridgehead atoms. The Balaban J connectivity index is 0.761. The number of fused-ring (bicyclic) bond motifs is 2. The van der Waals surface area contributed by atoms with Crippen LogP contribution in [0.2, 0.25) is 0 Å². The number of likely N-dealkylation sites (tertiary alicyclic amines) is 1. The van der Waals surface area contributed by atoms with Gasteiger partial charge in [-0.3, -0.25) is 35.0 Å². The molecule has 0 atom stereocenters. The van der Waals surface area contributed by atoms with Crippen molar-refractivity contribution in [2.75, 3.05) is 86.0 Å². The van der Waals surface area contributed by atoms with Crippen molar-refractivity contribution in [3.8, 4) is 17.2 Å². The number of amides is 3. The second kappa shape index (κ2) is 24.9. The van der Waals surface area contributed by atoms with Gasteiger partial charge in [0.2, 0.25) is 17.8 Å². The van der Waals surface area contributed by atoms with Gasteiger partial charge in [-0.15, -0.1) is 0 Å². The molecule has 0 aliphatic carbocycles. The number of hydrogen-bond donors (Lipinski definition) is 7. The average Bonchev–Trinajstić information content (AvgIpc) is 3.47. The number of anilines is 4. The summed E-state index contributed by atoms with van der Waals surface area (Å²) in [4.78, 5) is 59.9. The van der Waals surface area contributed by atoms with Crippen LogP contribution in [0, 0.1) is 16.7 Å². The number of rotatable bonds is 16. The number of phenolic OH excluding ortho intramolecular Hbond substituents is 3. The zero-order valence-electron chi connectivity index (χ0n) is 45.8. The van der Waals surface area contributed by atoms with Crippen LogP contribution < -0.4 is 25.3 Å². The van der Waals surface area contributed by atoms with E-state index in [1.165, 1.54) is 11.6 Å². The lowest BCUT2D eigenvalue weighted by Crippen LogP contribution is -2.49. The fraction of sp³-hybridized carbons (Fsp3) is 0.383. The van der Waals surface area contributed by atoms with E-state index in [4.69, 9.17) is 20.8 Å². The van der Waals surface area contributed by atoms with Gasteiger partial charge in [0.15, 0.2) is 5.84 Å². The molecule has 81 heavy (non-hydrogen) atoms. The van der Waals surface area contributed by atoms with Crippen LogP contribution >= 0.6 is 0 Å². The Kier molecular flexibility index (Phi) is 17.6. The zero-order valence-corrected chi connectivity index (χ0v) is 45.8. The van der Waals surface area contributed by atoms with E-state index in [9.17, 15) is 42.9 Å². The van der Waals surface area contributed by atoms with Gasteiger partial charge in [-0.1, -0.05) is 67.6 Å². The number of aromatic hydroxyl groups is 3. The number of halogens is 3. The van der Waals surface area contributed by atoms with Crippen LogP contribution in [0.4, 0.5) is 36.3 Å². The van der Waals surface area contributed by atoms with E-state index in [0.29, 0.717) is 102 Å². The fourth-order valence-corrected chi connectivity index (χ4v) is 11.0. The molecule has 4 heterocycles. The predicted octanol–water partition coefficient (Wildman–Crippen LogP) is 7.94. The molecular weight excluding hydrogens is 1040 g/mol. The van der Waals surface area contributed by atoms with Crippen LogP contribution in [0.25, 0.3) is 10.8 Å². The number of amidine groups is 2. The van der Waals surface area contributed by atoms with Crippen molar-refractivity contribution in [1.29, 1.82) is 10.8 Å². The van der Waals surface area contributed by atoms with Crippen molar-refractivity contribution in [1.82, 2.24) is 30.0 Å². The molecule has 3 amide bonds. The van der Waals surface area contributed by atoms with E-state index < -0.39 is 36.0 Å². The third-order valence-corrected chi connectivity index (χ3v) is 15.4. The summed E-state index contributed by atoms with van der Waals surface area (Å²) in [5.41, 5.74) is 6.46. The van der Waals surface area contributed by atoms with Gasteiger partial charge < -0.3 is 45.6 Å². The Labute approximate surface area is 468 Å². The summed E-state index contributed by atoms with van der Waals surface area (Å²) in [6.07, 6.45) is -0.706. The lowest BCUT2D eigenvalue weighted by Gasteiger charge is -2.38. The number of piperazine rings is 1. The summed E-state index contributed by atoms with van der Waals surface area (Å²) in [5.74, 6) is -1.51. The Bertz CT molecular complexity index is 3290. The van der Waals surface area contributed by atoms with Gasteiger partial charge in [0.1, 0.15) is 35.4 Å². The Hall–Kier alpha value is -8.46. The van der Waals surface area contributed by atoms with Crippen LogP contribution in [-0.2, 0) is 53.3 Å². The zero-order chi connectivity index (χ0) is 57.5. The van der Waals surface area contributed by atoms with E-state index in [1.807, 2.05) is 41.1 Å². The Morgan fingerprint density at radius 1 is 0.778 bits per heavy atom. The molecule has 6 aromatic rings. The van der Waals surface area contributed by atoms with Crippen LogP contribution in [0.3, 0.4) is 0 Å². The first-order valence-electron chi connectivity index (χ1n) is 27.4. The predicted molar refractivity (Wildman–Crippen MR) is 306 cm³/mol. The van der Waals surface area contributed by atoms with Gasteiger partial charge in [-0.25, -0.2) is 4.98 Å². The number of benzene rings is 5. The highest BCUT2D eigenvalue weighted by Gasteiger charge is 2.33. The number of aryl methyl sites for hydroxylation is 1. The second-order valence-electron chi connectivity index (χ2n) is 21.2. The first kappa shape index (κ1) is 57.2. The molecule has 1 aromatic heterocycles. The minimum atomic E-state index is -4.73. The van der Waals surface area contributed by atoms with Gasteiger partial charge in [0.05, 0.1) is 17.8 Å². The minimum Gasteiger partial charge on any atom is -0.508 e. The highest BCUT2D eigenvalue weighted by Crippen LogP contribution is 2.37. The number of nitrogens with zero attached hydrogens (tertiary/aromatic N) is 8. The third-order valence-electron chi connectivity index (χ3n) is 15.4. The molecule has 21 heteroatoms. The van der Waals surface area contributed by atoms with Crippen LogP contribution in [0.5, 0.6) is 17.2 Å². The number of nitrogens with one attached hydrogen (secondary N) is 4. The van der Waals surface area contributed by atoms with Crippen molar-refractivity contribution in [2.24, 2.45) is 5.92 Å². The van der Waals surface area contributed by atoms with Crippen LogP contribution in [0.15, 0.2) is 97.1 Å². The second-order valence-corrected chi connectivity index (χ2v) is 21.2. The van der Waals surface area contributed by atoms with Crippen molar-refractivity contribution in [3.05, 3.63) is 136 Å². The van der Waals surface area contributed by atoms with Gasteiger partial charge in [0.25, 0.3) is 5.91 Å². The number of carbonyl (C=O) groups is 3. The van der Waals surface area contributed by atoms with Gasteiger partial charge in [0, 0.05) is 113 Å². The summed E-state index contributed by atoms with van der Waals surface area (Å²) in [6.45, 7) is 8.30. The molecule has 0 unspecified atom stereocenters. The molecule has 426 valence electrons. The van der Waals surface area contributed by atoms with Crippen LogP contribution in [-0.4, -0.2) is 142 Å². The normalized spacial score (nSPS) is 15.0. The molecular formula is C60H69F3N12O6. The number of piperidine rings is 1. The smallest absolute Gasteiger partial charge is 0.405 e. The first-order valence-corrected chi connectivity index (χ1v) is 27.4. The fourth-order valence-electron chi connectivity index (χ4n) is 11.0. The molecule has 9 rings (SSSR count). The topological polar surface area (TPSA) is 229 Å². The molecule has 7 N–H and O–H groups in total. The largest absolute Gasteiger partial charge is 0.508 e. The maximum absolute atomic E-state index is 13.6. The quantitative estimate of drug-likeness (QED) is 0.0361. The number of phenols is 3. The Morgan fingerprint density at radius 3 is 2.11 bits per heavy atom. The number of alkyl halides is 3. The number of hydrogen-bond acceptors (Lipinski definition) is 14. The van der Waals surface area contributed by atoms with E-state index in [0.717, 1.165) is 81.4 Å². The molecule has 0 spiro atoms. The monoisotopic (exact) mass is 1110 g/mol. The van der Waals surface area contributed by atoms with Crippen molar-refractivity contribution in [2.45, 2.75) is 78.2 Å². The summed E-state index contributed by atoms with van der Waals surface area (Å²) < 4.78 is 39.0. The molecule has 3 aliphatic heterocycles. The van der Waals surface area contributed by atoms with E-state index in [1.54, 1.807) is 49.5 Å². The minimum absolute atomic E-state index is 0.0596. The molecule has 2 fully saturated rings. The average molecular weight is 1110 g/mol. The lowest BCUT2D eigenvalue weighted by molar-refractivity contribution is -0.134. The summed E-state index contributed by atoms with van der Waals surface area (Å²) in [7, 11) is 1.96. The number of aromatic nitrogens is 2. The van der Waals surface area contributed by atoms with Gasteiger partial charge >= 0.3 is 6.18 Å². The van der Waals surface area contributed by atoms with Gasteiger partial charge in [-0.2, -0.15) is 18.2 Å². The van der Waals surface area contributed by atoms with Crippen LogP contribution in [0.1, 0.15) is 72.2 Å². The summed E-state index contributed by atoms with van der Waals surface area (Å²) >= 11 is 0. The van der Waals surface area contributed by atoms with Crippen molar-refractivity contribution >= 4 is 63.3 Å². The Morgan fingerprint density at radius 2 is 1.44 bits per heavy atom. The van der Waals surface area contributed by atoms with E-state index in [-0.39, 0.29) is 34.6 Å². The van der Waals surface area contributed by atoms with E-state index in [2.05, 4.69) is 50.3 Å². The van der Waals surface area contributed by atoms with Crippen molar-refractivity contribution in [3.63, 3.8) is 0 Å². The standard InChI is InChI=1S/C60H69F3N12O6/c1-4-43-31-49(53(79)33-52(43)78)55(64)75(56(65)58(81)67-37-60(61,62)63)45-15-13-42(14-16-45)35-70(3)34-41-11-9-39(10-12-41)29-40-18-22-72(23-19-40)54(80)17-21-66-59-68-50-36-74(51-32-46(77)30-44-7-5-6-8-47(44)51)24-20-48(50)57(69-59)73-27-25-71(26-28-73)38(2)76/h5-16,30-33,40,64-65,77-79H,4,17-29,34-37H2,1-3H3,(H,67,81)(H,66,68,69). The first-order chi connectivity index (χ1) is 38.8. The maximum Gasteiger partial charge on any atom is 0.405 e. The SMILES string of the molecule is CCc1cc(C(=N)N(C(=N)C(=O)NCC(F)(F)F)c2ccc(CN(C)Cc3ccc(CC4CCN(C(=O)CCNc5nc6c(c(N7CCN(C(C)=O)CC7)n5)CCN(c5cc(O)cc7ccccc57)C6)CC4)cc3)cc2)c(O)cc1O. The van der Waals surface area contributed by atoms with Gasteiger partial charge in [-0.05, 0) is 97.0 Å². The summed E-state index contributed by atoms with van der Waals surface area (Å²) in [6, 6.07) is 29.1. The highest BCUT2D eigenvalue weighted by atomic mass is 19.4. The molecule has 0 saturated carbocycles. The number of carbonyl (C=O) groups excluding carboxylic acids is 3. The highest BCUT2D eigenvalue weighted by molar-refractivity contribution is 6.48. The molecule has 0 radical (unpaired) electrons. The molecule has 2 saturated heterocycles.